The summed E-state index contributed by atoms with van der Waals surface area (Å²) in [7, 11) is 0. The number of carbonyl (C=O) groups is 2. The lowest BCUT2D eigenvalue weighted by molar-refractivity contribution is -0.0570. The summed E-state index contributed by atoms with van der Waals surface area (Å²) < 4.78 is 0. The number of carboxylic acids is 1. The number of benzene rings is 1. The predicted octanol–water partition coefficient (Wildman–Crippen LogP) is 6.72. The van der Waals surface area contributed by atoms with Crippen molar-refractivity contribution in [3.63, 3.8) is 0 Å². The Kier molecular flexibility index (Phi) is 6.49. The fraction of sp³-hybridized carbons (Fsp3) is 0.621. The lowest BCUT2D eigenvalue weighted by atomic mass is 9.48. The largest absolute Gasteiger partial charge is 0.478 e. The number of aromatic carboxylic acids is 1. The van der Waals surface area contributed by atoms with Gasteiger partial charge in [-0.3, -0.25) is 4.79 Å². The van der Waals surface area contributed by atoms with E-state index in [0.29, 0.717) is 28.3 Å². The number of amides is 1. The number of anilines is 1. The molecule has 1 heterocycles. The molecular weight excluding hydrogens is 438 g/mol. The number of carbonyl (C=O) groups excluding carboxylic acids is 1. The molecule has 6 heteroatoms. The fourth-order valence-corrected chi connectivity index (χ4v) is 7.77. The average Bonchev–Trinajstić information content (AvgIpc) is 3.23. The topological polar surface area (TPSA) is 95.1 Å². The van der Waals surface area contributed by atoms with Crippen LogP contribution < -0.4 is 5.32 Å². The van der Waals surface area contributed by atoms with Crippen molar-refractivity contribution >= 4 is 17.6 Å². The standard InChI is InChI=1S/C29H39N3O3/c1-4-21(5-2)26-31-24(8-9-29-14-18-10-19(15-29)12-20(11-18)16-29)25(32-26)27(33)30-22-7-6-17(3)23(13-22)28(34)35/h6-7,13,18-21H,4-5,8-12,14-16H2,1-3H3,(H,30,33)(H,31,32)(H,34,35). The first-order valence-corrected chi connectivity index (χ1v) is 13.5. The maximum atomic E-state index is 13.4. The molecule has 4 saturated carbocycles. The molecule has 4 bridgehead atoms. The molecular formula is C29H39N3O3. The molecule has 1 aromatic heterocycles. The van der Waals surface area contributed by atoms with E-state index in [1.807, 2.05) is 0 Å². The summed E-state index contributed by atoms with van der Waals surface area (Å²) in [5.74, 6) is 2.68. The molecule has 2 aromatic rings. The van der Waals surface area contributed by atoms with E-state index in [-0.39, 0.29) is 11.5 Å². The van der Waals surface area contributed by atoms with Crippen molar-refractivity contribution in [3.05, 3.63) is 46.5 Å². The quantitative estimate of drug-likeness (QED) is 0.373. The average molecular weight is 478 g/mol. The molecule has 0 aliphatic heterocycles. The van der Waals surface area contributed by atoms with E-state index in [9.17, 15) is 14.7 Å². The Morgan fingerprint density at radius 1 is 1.11 bits per heavy atom. The SMILES string of the molecule is CCC(CC)c1nc(C(=O)Nc2ccc(C)c(C(=O)O)c2)c(CCC23CC4CC(CC(C4)C2)C3)[nH]1. The number of carboxylic acid groups (broad SMARTS) is 1. The van der Waals surface area contributed by atoms with Gasteiger partial charge in [-0.05, 0) is 112 Å². The van der Waals surface area contributed by atoms with Crippen molar-refractivity contribution in [1.82, 2.24) is 9.97 Å². The van der Waals surface area contributed by atoms with Crippen LogP contribution in [0.25, 0.3) is 0 Å². The van der Waals surface area contributed by atoms with Gasteiger partial charge < -0.3 is 15.4 Å². The van der Waals surface area contributed by atoms with Gasteiger partial charge in [0.2, 0.25) is 0 Å². The van der Waals surface area contributed by atoms with E-state index in [1.165, 1.54) is 44.6 Å². The highest BCUT2D eigenvalue weighted by Gasteiger charge is 2.50. The van der Waals surface area contributed by atoms with Gasteiger partial charge in [0, 0.05) is 17.3 Å². The van der Waals surface area contributed by atoms with Crippen LogP contribution in [-0.2, 0) is 6.42 Å². The lowest BCUT2D eigenvalue weighted by Gasteiger charge is -2.57. The molecule has 1 aromatic carbocycles. The summed E-state index contributed by atoms with van der Waals surface area (Å²) in [6, 6.07) is 5.01. The van der Waals surface area contributed by atoms with Crippen molar-refractivity contribution in [1.29, 1.82) is 0 Å². The van der Waals surface area contributed by atoms with Gasteiger partial charge in [-0.15, -0.1) is 0 Å². The minimum Gasteiger partial charge on any atom is -0.478 e. The molecule has 4 aliphatic carbocycles. The van der Waals surface area contributed by atoms with Crippen molar-refractivity contribution in [2.75, 3.05) is 5.32 Å². The minimum atomic E-state index is -0.995. The van der Waals surface area contributed by atoms with Crippen LogP contribution >= 0.6 is 0 Å². The molecule has 0 spiro atoms. The van der Waals surface area contributed by atoms with E-state index in [1.54, 1.807) is 19.1 Å². The van der Waals surface area contributed by atoms with Crippen LogP contribution in [0.5, 0.6) is 0 Å². The maximum absolute atomic E-state index is 13.4. The van der Waals surface area contributed by atoms with Gasteiger partial charge >= 0.3 is 5.97 Å². The molecule has 6 nitrogen and oxygen atoms in total. The monoisotopic (exact) mass is 477 g/mol. The molecule has 0 saturated heterocycles. The molecule has 4 fully saturated rings. The highest BCUT2D eigenvalue weighted by atomic mass is 16.4. The Labute approximate surface area is 208 Å². The summed E-state index contributed by atoms with van der Waals surface area (Å²) in [6.45, 7) is 6.07. The van der Waals surface area contributed by atoms with Crippen molar-refractivity contribution in [2.45, 2.75) is 90.9 Å². The van der Waals surface area contributed by atoms with Gasteiger partial charge in [0.1, 0.15) is 11.5 Å². The number of aromatic amines is 1. The van der Waals surface area contributed by atoms with Crippen molar-refractivity contribution in [2.24, 2.45) is 23.2 Å². The summed E-state index contributed by atoms with van der Waals surface area (Å²) in [6.07, 6.45) is 12.3. The van der Waals surface area contributed by atoms with Gasteiger partial charge in [0.05, 0.1) is 5.56 Å². The number of aryl methyl sites for hydroxylation is 2. The van der Waals surface area contributed by atoms with Gasteiger partial charge in [0.25, 0.3) is 5.91 Å². The van der Waals surface area contributed by atoms with Crippen LogP contribution in [0.4, 0.5) is 5.69 Å². The number of aromatic nitrogens is 2. The van der Waals surface area contributed by atoms with Crippen LogP contribution in [0, 0.1) is 30.1 Å². The van der Waals surface area contributed by atoms with Gasteiger partial charge in [-0.2, -0.15) is 0 Å². The van der Waals surface area contributed by atoms with E-state index in [2.05, 4.69) is 24.1 Å². The van der Waals surface area contributed by atoms with Crippen LogP contribution in [0.1, 0.15) is 115 Å². The molecule has 0 unspecified atom stereocenters. The molecule has 188 valence electrons. The lowest BCUT2D eigenvalue weighted by Crippen LogP contribution is -2.46. The van der Waals surface area contributed by atoms with E-state index < -0.39 is 5.97 Å². The Morgan fingerprint density at radius 3 is 2.31 bits per heavy atom. The summed E-state index contributed by atoms with van der Waals surface area (Å²) in [5.41, 5.74) is 3.19. The Hall–Kier alpha value is -2.63. The van der Waals surface area contributed by atoms with E-state index in [4.69, 9.17) is 4.98 Å². The number of nitrogens with zero attached hydrogens (tertiary/aromatic N) is 1. The zero-order chi connectivity index (χ0) is 24.7. The first-order chi connectivity index (χ1) is 16.8. The summed E-state index contributed by atoms with van der Waals surface area (Å²) >= 11 is 0. The third-order valence-corrected chi connectivity index (χ3v) is 9.18. The van der Waals surface area contributed by atoms with Crippen LogP contribution in [0.15, 0.2) is 18.2 Å². The van der Waals surface area contributed by atoms with Crippen LogP contribution in [0.2, 0.25) is 0 Å². The minimum absolute atomic E-state index is 0.199. The first-order valence-electron chi connectivity index (χ1n) is 13.5. The number of hydrogen-bond acceptors (Lipinski definition) is 3. The molecule has 4 aliphatic rings. The summed E-state index contributed by atoms with van der Waals surface area (Å²) in [5, 5.41) is 12.4. The zero-order valence-electron chi connectivity index (χ0n) is 21.3. The zero-order valence-corrected chi connectivity index (χ0v) is 21.3. The van der Waals surface area contributed by atoms with E-state index >= 15 is 0 Å². The Morgan fingerprint density at radius 2 is 1.74 bits per heavy atom. The predicted molar refractivity (Wildman–Crippen MR) is 137 cm³/mol. The number of imidazole rings is 1. The van der Waals surface area contributed by atoms with Gasteiger partial charge in [0.15, 0.2) is 0 Å². The second-order valence-corrected chi connectivity index (χ2v) is 11.7. The second kappa shape index (κ2) is 9.44. The number of H-pyrrole nitrogens is 1. The van der Waals surface area contributed by atoms with Crippen molar-refractivity contribution in [3.8, 4) is 0 Å². The van der Waals surface area contributed by atoms with Crippen molar-refractivity contribution < 1.29 is 14.7 Å². The molecule has 0 radical (unpaired) electrons. The number of hydrogen-bond donors (Lipinski definition) is 3. The van der Waals surface area contributed by atoms with Crippen LogP contribution in [0.3, 0.4) is 0 Å². The Bertz CT molecular complexity index is 1080. The fourth-order valence-electron chi connectivity index (χ4n) is 7.77. The highest BCUT2D eigenvalue weighted by Crippen LogP contribution is 2.61. The normalized spacial score (nSPS) is 26.9. The number of nitrogens with one attached hydrogen (secondary N) is 2. The first kappa shape index (κ1) is 24.1. The van der Waals surface area contributed by atoms with E-state index in [0.717, 1.165) is 55.0 Å². The molecule has 3 N–H and O–H groups in total. The Balaban J connectivity index is 1.38. The third kappa shape index (κ3) is 4.76. The second-order valence-electron chi connectivity index (χ2n) is 11.7. The third-order valence-electron chi connectivity index (χ3n) is 9.18. The van der Waals surface area contributed by atoms with Crippen LogP contribution in [-0.4, -0.2) is 27.0 Å². The molecule has 0 atom stereocenters. The maximum Gasteiger partial charge on any atom is 0.336 e. The highest BCUT2D eigenvalue weighted by molar-refractivity contribution is 6.04. The molecule has 35 heavy (non-hydrogen) atoms. The smallest absolute Gasteiger partial charge is 0.336 e. The summed E-state index contributed by atoms with van der Waals surface area (Å²) in [4.78, 5) is 33.3. The number of rotatable bonds is 9. The molecule has 6 rings (SSSR count). The molecule has 1 amide bonds. The van der Waals surface area contributed by atoms with Gasteiger partial charge in [-0.1, -0.05) is 19.9 Å². The van der Waals surface area contributed by atoms with Gasteiger partial charge in [-0.25, -0.2) is 9.78 Å².